The van der Waals surface area contributed by atoms with Crippen molar-refractivity contribution in [3.63, 3.8) is 0 Å². The lowest BCUT2D eigenvalue weighted by atomic mass is 9.87. The van der Waals surface area contributed by atoms with Crippen LogP contribution < -0.4 is 0 Å². The lowest BCUT2D eigenvalue weighted by molar-refractivity contribution is 0.685. The van der Waals surface area contributed by atoms with Gasteiger partial charge in [-0.2, -0.15) is 10.2 Å². The van der Waals surface area contributed by atoms with E-state index in [2.05, 4.69) is 50.0 Å². The summed E-state index contributed by atoms with van der Waals surface area (Å²) < 4.78 is 0. The van der Waals surface area contributed by atoms with Gasteiger partial charge in [0.05, 0.1) is 11.4 Å². The Labute approximate surface area is 121 Å². The fourth-order valence-electron chi connectivity index (χ4n) is 3.28. The number of fused-ring (bicyclic) bond motifs is 2. The number of nitrogens with zero attached hydrogens (tertiary/aromatic N) is 2. The second-order valence-electron chi connectivity index (χ2n) is 6.65. The van der Waals surface area contributed by atoms with E-state index in [1.807, 2.05) is 0 Å². The zero-order valence-electron chi connectivity index (χ0n) is 13.0. The van der Waals surface area contributed by atoms with Crippen LogP contribution in [0.15, 0.2) is 12.1 Å². The van der Waals surface area contributed by atoms with Gasteiger partial charge in [0.25, 0.3) is 0 Å². The number of aromatic nitrogens is 2. The van der Waals surface area contributed by atoms with Crippen LogP contribution in [0.5, 0.6) is 0 Å². The van der Waals surface area contributed by atoms with Gasteiger partial charge in [-0.25, -0.2) is 0 Å². The van der Waals surface area contributed by atoms with Crippen LogP contribution in [0, 0.1) is 0 Å². The van der Waals surface area contributed by atoms with E-state index in [4.69, 9.17) is 0 Å². The molecule has 2 nitrogen and oxygen atoms in total. The summed E-state index contributed by atoms with van der Waals surface area (Å²) in [5, 5.41) is 11.7. The first kappa shape index (κ1) is 13.5. The molecule has 20 heavy (non-hydrogen) atoms. The highest BCUT2D eigenvalue weighted by Crippen LogP contribution is 2.33. The summed E-state index contributed by atoms with van der Waals surface area (Å²) in [6, 6.07) is 4.80. The van der Waals surface area contributed by atoms with Gasteiger partial charge in [-0.15, -0.1) is 0 Å². The maximum Gasteiger partial charge on any atom is 0.0734 e. The molecule has 0 unspecified atom stereocenters. The normalized spacial score (nSPS) is 15.1. The quantitative estimate of drug-likeness (QED) is 0.785. The molecule has 1 aliphatic carbocycles. The van der Waals surface area contributed by atoms with Gasteiger partial charge in [0, 0.05) is 10.8 Å². The standard InChI is InChI=1S/C18H24N2/c1-11(2)17-15-9-13-7-5-6-8-14(13)10-16(15)18(12(3)4)20-19-17/h9-12H,5-8H2,1-4H3. The van der Waals surface area contributed by atoms with Gasteiger partial charge in [0.15, 0.2) is 0 Å². The predicted molar refractivity (Wildman–Crippen MR) is 84.4 cm³/mol. The maximum atomic E-state index is 4.53. The Morgan fingerprint density at radius 1 is 0.750 bits per heavy atom. The highest BCUT2D eigenvalue weighted by atomic mass is 15.1. The number of aryl methyl sites for hydroxylation is 2. The van der Waals surface area contributed by atoms with Crippen molar-refractivity contribution in [1.82, 2.24) is 10.2 Å². The van der Waals surface area contributed by atoms with Crippen LogP contribution in [0.4, 0.5) is 0 Å². The number of hydrogen-bond donors (Lipinski definition) is 0. The summed E-state index contributed by atoms with van der Waals surface area (Å²) >= 11 is 0. The van der Waals surface area contributed by atoms with Gasteiger partial charge in [0.2, 0.25) is 0 Å². The molecule has 3 rings (SSSR count). The van der Waals surface area contributed by atoms with Crippen LogP contribution in [0.3, 0.4) is 0 Å². The van der Waals surface area contributed by atoms with Crippen LogP contribution in [-0.4, -0.2) is 10.2 Å². The summed E-state index contributed by atoms with van der Waals surface area (Å²) in [6.07, 6.45) is 5.10. The first-order chi connectivity index (χ1) is 9.58. The third kappa shape index (κ3) is 2.21. The molecule has 1 aromatic heterocycles. The van der Waals surface area contributed by atoms with E-state index >= 15 is 0 Å². The summed E-state index contributed by atoms with van der Waals surface area (Å²) in [5.41, 5.74) is 5.37. The minimum Gasteiger partial charge on any atom is -0.154 e. The van der Waals surface area contributed by atoms with E-state index in [0.717, 1.165) is 11.4 Å². The lowest BCUT2D eigenvalue weighted by Gasteiger charge is -2.20. The van der Waals surface area contributed by atoms with E-state index in [-0.39, 0.29) is 0 Å². The van der Waals surface area contributed by atoms with Crippen LogP contribution in [0.1, 0.15) is 74.9 Å². The fraction of sp³-hybridized carbons (Fsp3) is 0.556. The summed E-state index contributed by atoms with van der Waals surface area (Å²) in [6.45, 7) is 8.83. The van der Waals surface area contributed by atoms with Crippen molar-refractivity contribution in [2.45, 2.75) is 65.2 Å². The van der Waals surface area contributed by atoms with Gasteiger partial charge in [-0.05, 0) is 60.8 Å². The molecule has 2 heteroatoms. The summed E-state index contributed by atoms with van der Waals surface area (Å²) in [4.78, 5) is 0. The molecule has 0 N–H and O–H groups in total. The molecule has 106 valence electrons. The molecular formula is C18H24N2. The number of rotatable bonds is 2. The molecule has 0 saturated carbocycles. The van der Waals surface area contributed by atoms with Gasteiger partial charge >= 0.3 is 0 Å². The minimum absolute atomic E-state index is 0.424. The Bertz CT molecular complexity index is 585. The number of benzene rings is 1. The highest BCUT2D eigenvalue weighted by Gasteiger charge is 2.18. The molecule has 0 spiro atoms. The van der Waals surface area contributed by atoms with Crippen LogP contribution in [0.25, 0.3) is 10.8 Å². The Kier molecular flexibility index (Phi) is 3.49. The smallest absolute Gasteiger partial charge is 0.0734 e. The molecule has 0 aliphatic heterocycles. The molecule has 0 bridgehead atoms. The van der Waals surface area contributed by atoms with Crippen LogP contribution in [0.2, 0.25) is 0 Å². The molecule has 0 saturated heterocycles. The van der Waals surface area contributed by atoms with Crippen molar-refractivity contribution < 1.29 is 0 Å². The molecule has 1 aromatic carbocycles. The second-order valence-corrected chi connectivity index (χ2v) is 6.65. The van der Waals surface area contributed by atoms with Crippen molar-refractivity contribution in [2.24, 2.45) is 0 Å². The molecule has 0 fully saturated rings. The summed E-state index contributed by atoms with van der Waals surface area (Å²) in [5.74, 6) is 0.848. The van der Waals surface area contributed by atoms with E-state index in [0.29, 0.717) is 11.8 Å². The first-order valence-electron chi connectivity index (χ1n) is 7.90. The third-order valence-corrected chi connectivity index (χ3v) is 4.39. The molecule has 0 amide bonds. The summed E-state index contributed by atoms with van der Waals surface area (Å²) in [7, 11) is 0. The Morgan fingerprint density at radius 3 is 1.50 bits per heavy atom. The molecule has 0 radical (unpaired) electrons. The second kappa shape index (κ2) is 5.16. The van der Waals surface area contributed by atoms with Crippen molar-refractivity contribution in [2.75, 3.05) is 0 Å². The molecule has 0 atom stereocenters. The van der Waals surface area contributed by atoms with Crippen molar-refractivity contribution in [1.29, 1.82) is 0 Å². The van der Waals surface area contributed by atoms with Gasteiger partial charge < -0.3 is 0 Å². The Morgan fingerprint density at radius 2 is 1.15 bits per heavy atom. The topological polar surface area (TPSA) is 25.8 Å². The van der Waals surface area contributed by atoms with Crippen LogP contribution in [-0.2, 0) is 12.8 Å². The van der Waals surface area contributed by atoms with Gasteiger partial charge in [-0.3, -0.25) is 0 Å². The maximum absolute atomic E-state index is 4.53. The Balaban J connectivity index is 2.32. The van der Waals surface area contributed by atoms with Crippen molar-refractivity contribution in [3.05, 3.63) is 34.6 Å². The van der Waals surface area contributed by atoms with E-state index in [9.17, 15) is 0 Å². The van der Waals surface area contributed by atoms with Gasteiger partial charge in [-0.1, -0.05) is 27.7 Å². The minimum atomic E-state index is 0.424. The largest absolute Gasteiger partial charge is 0.154 e. The number of hydrogen-bond acceptors (Lipinski definition) is 2. The van der Waals surface area contributed by atoms with Crippen molar-refractivity contribution >= 4 is 10.8 Å². The zero-order valence-corrected chi connectivity index (χ0v) is 13.0. The van der Waals surface area contributed by atoms with Crippen LogP contribution >= 0.6 is 0 Å². The van der Waals surface area contributed by atoms with Crippen molar-refractivity contribution in [3.8, 4) is 0 Å². The lowest BCUT2D eigenvalue weighted by Crippen LogP contribution is -2.07. The average molecular weight is 268 g/mol. The van der Waals surface area contributed by atoms with E-state index in [1.54, 1.807) is 0 Å². The first-order valence-corrected chi connectivity index (χ1v) is 7.90. The third-order valence-electron chi connectivity index (χ3n) is 4.39. The SMILES string of the molecule is CC(C)c1nnc(C(C)C)c2cc3c(cc12)CCCC3. The fourth-order valence-corrected chi connectivity index (χ4v) is 3.28. The molecule has 1 heterocycles. The van der Waals surface area contributed by atoms with Gasteiger partial charge in [0.1, 0.15) is 0 Å². The average Bonchev–Trinajstić information content (AvgIpc) is 2.43. The predicted octanol–water partition coefficient (Wildman–Crippen LogP) is 4.76. The highest BCUT2D eigenvalue weighted by molar-refractivity contribution is 5.88. The zero-order chi connectivity index (χ0) is 14.3. The van der Waals surface area contributed by atoms with E-state index in [1.165, 1.54) is 47.6 Å². The molecule has 1 aliphatic rings. The monoisotopic (exact) mass is 268 g/mol. The van der Waals surface area contributed by atoms with E-state index < -0.39 is 0 Å². The molecular weight excluding hydrogens is 244 g/mol. The molecule has 2 aromatic rings. The Hall–Kier alpha value is -1.44.